The third kappa shape index (κ3) is 4.30. The first-order valence-corrected chi connectivity index (χ1v) is 8.71. The molecule has 0 fully saturated rings. The lowest BCUT2D eigenvalue weighted by Gasteiger charge is -2.08. The smallest absolute Gasteiger partial charge is 0.267 e. The number of carbonyl (C=O) groups excluding carboxylic acids is 2. The lowest BCUT2D eigenvalue weighted by atomic mass is 10.2. The van der Waals surface area contributed by atoms with Crippen LogP contribution < -0.4 is 10.9 Å². The van der Waals surface area contributed by atoms with E-state index in [1.165, 1.54) is 30.3 Å². The summed E-state index contributed by atoms with van der Waals surface area (Å²) in [5, 5.41) is 0.261. The van der Waals surface area contributed by atoms with Crippen molar-refractivity contribution in [1.82, 2.24) is 10.9 Å². The Bertz CT molecular complexity index is 848. The number of hydrogen-bond acceptors (Lipinski definition) is 4. The molecule has 0 heterocycles. The Morgan fingerprint density at radius 2 is 1.48 bits per heavy atom. The first-order chi connectivity index (χ1) is 10.8. The van der Waals surface area contributed by atoms with Gasteiger partial charge in [0, 0.05) is 11.8 Å². The van der Waals surface area contributed by atoms with Gasteiger partial charge in [0.1, 0.15) is 0 Å². The lowest BCUT2D eigenvalue weighted by molar-refractivity contribution is 0.0846. The highest BCUT2D eigenvalue weighted by atomic mass is 35.5. The lowest BCUT2D eigenvalue weighted by Crippen LogP contribution is -2.41. The molecule has 0 aliphatic rings. The molecule has 2 aromatic carbocycles. The minimum Gasteiger partial charge on any atom is -0.267 e. The van der Waals surface area contributed by atoms with Crippen molar-refractivity contribution in [2.45, 2.75) is 4.90 Å². The molecule has 2 rings (SSSR count). The monoisotopic (exact) mass is 352 g/mol. The van der Waals surface area contributed by atoms with E-state index in [0.717, 1.165) is 6.26 Å². The molecule has 0 aliphatic carbocycles. The molecule has 0 radical (unpaired) electrons. The molecule has 2 aromatic rings. The Balaban J connectivity index is 2.03. The van der Waals surface area contributed by atoms with E-state index in [4.69, 9.17) is 11.6 Å². The number of halogens is 1. The molecule has 0 saturated carbocycles. The number of sulfone groups is 1. The van der Waals surface area contributed by atoms with Crippen LogP contribution in [0.25, 0.3) is 0 Å². The van der Waals surface area contributed by atoms with Crippen LogP contribution >= 0.6 is 11.6 Å². The molecule has 0 spiro atoms. The van der Waals surface area contributed by atoms with E-state index in [1.54, 1.807) is 18.2 Å². The van der Waals surface area contributed by atoms with Gasteiger partial charge in [-0.05, 0) is 36.4 Å². The number of amides is 2. The quantitative estimate of drug-likeness (QED) is 0.824. The topological polar surface area (TPSA) is 92.3 Å². The van der Waals surface area contributed by atoms with Crippen LogP contribution in [0.3, 0.4) is 0 Å². The molecule has 0 bridgehead atoms. The Morgan fingerprint density at radius 1 is 0.913 bits per heavy atom. The van der Waals surface area contributed by atoms with Crippen molar-refractivity contribution >= 4 is 33.3 Å². The molecule has 0 aliphatic heterocycles. The van der Waals surface area contributed by atoms with Crippen molar-refractivity contribution in [1.29, 1.82) is 0 Å². The van der Waals surface area contributed by atoms with E-state index < -0.39 is 21.7 Å². The average molecular weight is 353 g/mol. The fourth-order valence-electron chi connectivity index (χ4n) is 1.75. The SMILES string of the molecule is CS(=O)(=O)c1ccc(C(=O)NNC(=O)c2ccccc2Cl)cc1. The summed E-state index contributed by atoms with van der Waals surface area (Å²) < 4.78 is 22.7. The van der Waals surface area contributed by atoms with E-state index in [2.05, 4.69) is 10.9 Å². The minimum atomic E-state index is -3.33. The van der Waals surface area contributed by atoms with Gasteiger partial charge < -0.3 is 0 Å². The van der Waals surface area contributed by atoms with Crippen LogP contribution in [-0.4, -0.2) is 26.5 Å². The van der Waals surface area contributed by atoms with E-state index in [1.807, 2.05) is 0 Å². The first kappa shape index (κ1) is 17.0. The Hall–Kier alpha value is -2.38. The Kier molecular flexibility index (Phi) is 5.02. The Morgan fingerprint density at radius 3 is 2.04 bits per heavy atom. The average Bonchev–Trinajstić information content (AvgIpc) is 2.52. The Labute approximate surface area is 138 Å². The molecule has 23 heavy (non-hydrogen) atoms. The van der Waals surface area contributed by atoms with Gasteiger partial charge in [-0.2, -0.15) is 0 Å². The maximum atomic E-state index is 11.9. The number of hydrazine groups is 1. The first-order valence-electron chi connectivity index (χ1n) is 6.44. The number of hydrogen-bond donors (Lipinski definition) is 2. The standard InChI is InChI=1S/C15H13ClN2O4S/c1-23(21,22)11-8-6-10(7-9-11)14(19)17-18-15(20)12-4-2-3-5-13(12)16/h2-9H,1H3,(H,17,19)(H,18,20). The molecule has 6 nitrogen and oxygen atoms in total. The fourth-order valence-corrected chi connectivity index (χ4v) is 2.60. The van der Waals surface area contributed by atoms with Crippen molar-refractivity contribution in [2.75, 3.05) is 6.26 Å². The summed E-state index contributed by atoms with van der Waals surface area (Å²) in [5.41, 5.74) is 4.91. The van der Waals surface area contributed by atoms with Crippen molar-refractivity contribution in [3.8, 4) is 0 Å². The maximum absolute atomic E-state index is 11.9. The second-order valence-electron chi connectivity index (χ2n) is 4.68. The third-order valence-corrected chi connectivity index (χ3v) is 4.41. The van der Waals surface area contributed by atoms with Crippen molar-refractivity contribution < 1.29 is 18.0 Å². The van der Waals surface area contributed by atoms with Crippen LogP contribution in [0.1, 0.15) is 20.7 Å². The number of carbonyl (C=O) groups is 2. The van der Waals surface area contributed by atoms with Crippen molar-refractivity contribution in [2.24, 2.45) is 0 Å². The van der Waals surface area contributed by atoms with Gasteiger partial charge in [-0.25, -0.2) is 8.42 Å². The molecule has 2 amide bonds. The van der Waals surface area contributed by atoms with Crippen molar-refractivity contribution in [3.05, 3.63) is 64.7 Å². The summed E-state index contributed by atoms with van der Waals surface area (Å²) in [5.74, 6) is -1.14. The summed E-state index contributed by atoms with van der Waals surface area (Å²) in [7, 11) is -3.33. The van der Waals surface area contributed by atoms with Gasteiger partial charge in [0.2, 0.25) is 0 Å². The highest BCUT2D eigenvalue weighted by molar-refractivity contribution is 7.90. The van der Waals surface area contributed by atoms with E-state index in [9.17, 15) is 18.0 Å². The summed E-state index contributed by atoms with van der Waals surface area (Å²) in [4.78, 5) is 23.9. The zero-order chi connectivity index (χ0) is 17.0. The molecule has 8 heteroatoms. The minimum absolute atomic E-state index is 0.106. The molecular formula is C15H13ClN2O4S. The summed E-state index contributed by atoms with van der Waals surface area (Å²) >= 11 is 5.88. The largest absolute Gasteiger partial charge is 0.271 e. The number of benzene rings is 2. The second-order valence-corrected chi connectivity index (χ2v) is 7.11. The van der Waals surface area contributed by atoms with Crippen LogP contribution in [0.5, 0.6) is 0 Å². The van der Waals surface area contributed by atoms with E-state index >= 15 is 0 Å². The fraction of sp³-hybridized carbons (Fsp3) is 0.0667. The normalized spacial score (nSPS) is 10.9. The predicted octanol–water partition coefficient (Wildman–Crippen LogP) is 1.82. The van der Waals surface area contributed by atoms with Gasteiger partial charge in [-0.3, -0.25) is 20.4 Å². The van der Waals surface area contributed by atoms with Crippen LogP contribution in [0, 0.1) is 0 Å². The molecule has 120 valence electrons. The van der Waals surface area contributed by atoms with Gasteiger partial charge in [0.15, 0.2) is 9.84 Å². The van der Waals surface area contributed by atoms with E-state index in [-0.39, 0.29) is 21.0 Å². The van der Waals surface area contributed by atoms with Crippen LogP contribution in [-0.2, 0) is 9.84 Å². The molecule has 0 saturated heterocycles. The zero-order valence-corrected chi connectivity index (χ0v) is 13.6. The second kappa shape index (κ2) is 6.80. The van der Waals surface area contributed by atoms with Gasteiger partial charge in [-0.15, -0.1) is 0 Å². The maximum Gasteiger partial charge on any atom is 0.271 e. The summed E-state index contributed by atoms with van der Waals surface area (Å²) in [6.07, 6.45) is 1.08. The zero-order valence-electron chi connectivity index (χ0n) is 12.0. The predicted molar refractivity (Wildman–Crippen MR) is 85.9 cm³/mol. The molecule has 2 N–H and O–H groups in total. The third-order valence-electron chi connectivity index (χ3n) is 2.95. The number of rotatable bonds is 3. The van der Waals surface area contributed by atoms with Crippen LogP contribution in [0.15, 0.2) is 53.4 Å². The summed E-state index contributed by atoms with van der Waals surface area (Å²) in [6, 6.07) is 11.8. The molecule has 0 atom stereocenters. The molecule has 0 unspecified atom stereocenters. The molecule has 0 aromatic heterocycles. The van der Waals surface area contributed by atoms with Crippen LogP contribution in [0.2, 0.25) is 5.02 Å². The number of nitrogens with one attached hydrogen (secondary N) is 2. The van der Waals surface area contributed by atoms with Gasteiger partial charge in [0.05, 0.1) is 15.5 Å². The summed E-state index contributed by atoms with van der Waals surface area (Å²) in [6.45, 7) is 0. The van der Waals surface area contributed by atoms with Gasteiger partial charge >= 0.3 is 0 Å². The van der Waals surface area contributed by atoms with E-state index in [0.29, 0.717) is 0 Å². The molecular weight excluding hydrogens is 340 g/mol. The highest BCUT2D eigenvalue weighted by Crippen LogP contribution is 2.14. The highest BCUT2D eigenvalue weighted by Gasteiger charge is 2.12. The van der Waals surface area contributed by atoms with Gasteiger partial charge in [0.25, 0.3) is 11.8 Å². The van der Waals surface area contributed by atoms with Gasteiger partial charge in [-0.1, -0.05) is 23.7 Å². The van der Waals surface area contributed by atoms with Crippen molar-refractivity contribution in [3.63, 3.8) is 0 Å². The van der Waals surface area contributed by atoms with Crippen LogP contribution in [0.4, 0.5) is 0 Å².